The molecule has 198 valence electrons. The molecule has 0 spiro atoms. The summed E-state index contributed by atoms with van der Waals surface area (Å²) in [5.41, 5.74) is 5.91. The third kappa shape index (κ3) is 5.10. The van der Waals surface area contributed by atoms with Gasteiger partial charge in [0.05, 0.1) is 12.3 Å². The number of imide groups is 1. The first-order valence-electron chi connectivity index (χ1n) is 13.5. The lowest BCUT2D eigenvalue weighted by atomic mass is 9.92. The van der Waals surface area contributed by atoms with E-state index in [1.165, 1.54) is 10.5 Å². The van der Waals surface area contributed by atoms with Gasteiger partial charge >= 0.3 is 0 Å². The van der Waals surface area contributed by atoms with Crippen molar-refractivity contribution >= 4 is 40.0 Å². The summed E-state index contributed by atoms with van der Waals surface area (Å²) in [6.07, 6.45) is 4.80. The van der Waals surface area contributed by atoms with E-state index in [2.05, 4.69) is 13.5 Å². The SMILES string of the molecule is C=Cc1ccc(COC(C)N(C)c2ccc3c4c(cccc24)C(=O)N(c2ccc(CCCC)cc2)C3=O)cc1. The van der Waals surface area contributed by atoms with Gasteiger partial charge in [-0.2, -0.15) is 0 Å². The second-order valence-corrected chi connectivity index (χ2v) is 10.0. The largest absolute Gasteiger partial charge is 0.354 e. The highest BCUT2D eigenvalue weighted by molar-refractivity contribution is 6.36. The van der Waals surface area contributed by atoms with Gasteiger partial charge in [0.2, 0.25) is 0 Å². The third-order valence-electron chi connectivity index (χ3n) is 7.53. The topological polar surface area (TPSA) is 49.9 Å². The van der Waals surface area contributed by atoms with Crippen molar-refractivity contribution in [1.82, 2.24) is 0 Å². The third-order valence-corrected chi connectivity index (χ3v) is 7.53. The molecule has 0 radical (unpaired) electrons. The molecule has 1 atom stereocenters. The number of rotatable bonds is 10. The lowest BCUT2D eigenvalue weighted by Gasteiger charge is -2.31. The summed E-state index contributed by atoms with van der Waals surface area (Å²) in [4.78, 5) is 30.6. The highest BCUT2D eigenvalue weighted by Gasteiger charge is 2.34. The van der Waals surface area contributed by atoms with E-state index in [9.17, 15) is 9.59 Å². The Morgan fingerprint density at radius 2 is 1.56 bits per heavy atom. The molecule has 0 bridgehead atoms. The number of benzene rings is 4. The molecular formula is C34H34N2O3. The number of aryl methyl sites for hydroxylation is 1. The molecule has 0 aliphatic carbocycles. The summed E-state index contributed by atoms with van der Waals surface area (Å²) in [5, 5.41) is 1.55. The van der Waals surface area contributed by atoms with Gasteiger partial charge < -0.3 is 9.64 Å². The molecule has 5 rings (SSSR count). The molecule has 5 heteroatoms. The Hall–Kier alpha value is -4.22. The van der Waals surface area contributed by atoms with E-state index >= 15 is 0 Å². The molecule has 1 aliphatic heterocycles. The summed E-state index contributed by atoms with van der Waals surface area (Å²) in [7, 11) is 1.97. The Morgan fingerprint density at radius 3 is 2.23 bits per heavy atom. The molecule has 0 N–H and O–H groups in total. The van der Waals surface area contributed by atoms with Crippen LogP contribution < -0.4 is 9.80 Å². The number of carbonyl (C=O) groups excluding carboxylic acids is 2. The normalized spacial score (nSPS) is 13.6. The quantitative estimate of drug-likeness (QED) is 0.160. The molecule has 5 nitrogen and oxygen atoms in total. The molecule has 0 saturated carbocycles. The fourth-order valence-corrected chi connectivity index (χ4v) is 5.09. The lowest BCUT2D eigenvalue weighted by Crippen LogP contribution is -2.40. The van der Waals surface area contributed by atoms with E-state index in [0.717, 1.165) is 41.5 Å². The fourth-order valence-electron chi connectivity index (χ4n) is 5.09. The van der Waals surface area contributed by atoms with Crippen molar-refractivity contribution in [3.63, 3.8) is 0 Å². The molecule has 4 aromatic carbocycles. The van der Waals surface area contributed by atoms with Gasteiger partial charge in [0, 0.05) is 34.6 Å². The van der Waals surface area contributed by atoms with E-state index in [4.69, 9.17) is 4.74 Å². The van der Waals surface area contributed by atoms with E-state index < -0.39 is 0 Å². The van der Waals surface area contributed by atoms with Crippen LogP contribution >= 0.6 is 0 Å². The van der Waals surface area contributed by atoms with Crippen LogP contribution in [0.15, 0.2) is 85.4 Å². The number of nitrogens with zero attached hydrogens (tertiary/aromatic N) is 2. The predicted octanol–water partition coefficient (Wildman–Crippen LogP) is 7.63. The van der Waals surface area contributed by atoms with Crippen LogP contribution in [-0.2, 0) is 17.8 Å². The maximum Gasteiger partial charge on any atom is 0.265 e. The van der Waals surface area contributed by atoms with Crippen molar-refractivity contribution in [2.45, 2.75) is 45.9 Å². The van der Waals surface area contributed by atoms with Gasteiger partial charge in [0.1, 0.15) is 6.23 Å². The van der Waals surface area contributed by atoms with E-state index in [1.54, 1.807) is 6.07 Å². The molecule has 2 amide bonds. The minimum atomic E-state index is -0.300. The molecule has 0 aromatic heterocycles. The van der Waals surface area contributed by atoms with Crippen LogP contribution in [0.1, 0.15) is 64.1 Å². The van der Waals surface area contributed by atoms with Crippen LogP contribution in [0.25, 0.3) is 16.8 Å². The van der Waals surface area contributed by atoms with Crippen LogP contribution in [0.4, 0.5) is 11.4 Å². The van der Waals surface area contributed by atoms with Crippen molar-refractivity contribution in [3.05, 3.63) is 113 Å². The Morgan fingerprint density at radius 1 is 0.897 bits per heavy atom. The van der Waals surface area contributed by atoms with Gasteiger partial charge in [0.25, 0.3) is 11.8 Å². The summed E-state index contributed by atoms with van der Waals surface area (Å²) in [6, 6.07) is 25.3. The zero-order valence-electron chi connectivity index (χ0n) is 22.8. The molecule has 1 unspecified atom stereocenters. The van der Waals surface area contributed by atoms with Crippen LogP contribution in [0.2, 0.25) is 0 Å². The van der Waals surface area contributed by atoms with Crippen LogP contribution in [0.3, 0.4) is 0 Å². The number of ether oxygens (including phenoxy) is 1. The van der Waals surface area contributed by atoms with Crippen molar-refractivity contribution < 1.29 is 14.3 Å². The summed E-state index contributed by atoms with van der Waals surface area (Å²) < 4.78 is 6.18. The maximum atomic E-state index is 13.7. The van der Waals surface area contributed by atoms with Gasteiger partial charge in [-0.3, -0.25) is 9.59 Å². The Balaban J connectivity index is 1.41. The minimum Gasteiger partial charge on any atom is -0.354 e. The van der Waals surface area contributed by atoms with Gasteiger partial charge in [-0.05, 0) is 66.8 Å². The number of hydrogen-bond acceptors (Lipinski definition) is 4. The standard InChI is InChI=1S/C34H34N2O3/c1-5-7-9-25-16-18-27(19-17-25)36-33(37)29-11-8-10-28-31(21-20-30(32(28)29)34(36)38)35(4)23(3)39-22-26-14-12-24(6-2)13-15-26/h6,8,10-21,23H,2,5,7,9,22H2,1,3-4H3. The van der Waals surface area contributed by atoms with Gasteiger partial charge in [-0.15, -0.1) is 0 Å². The highest BCUT2D eigenvalue weighted by Crippen LogP contribution is 2.37. The number of amides is 2. The highest BCUT2D eigenvalue weighted by atomic mass is 16.5. The van der Waals surface area contributed by atoms with Crippen molar-refractivity contribution in [2.24, 2.45) is 0 Å². The zero-order valence-corrected chi connectivity index (χ0v) is 22.8. The smallest absolute Gasteiger partial charge is 0.265 e. The first-order valence-corrected chi connectivity index (χ1v) is 13.5. The Kier molecular flexibility index (Phi) is 7.62. The second kappa shape index (κ2) is 11.3. The summed E-state index contributed by atoms with van der Waals surface area (Å²) in [5.74, 6) is -0.599. The van der Waals surface area contributed by atoms with Gasteiger partial charge in [0.15, 0.2) is 0 Å². The Bertz CT molecular complexity index is 1500. The monoisotopic (exact) mass is 518 g/mol. The number of unbranched alkanes of at least 4 members (excludes halogenated alkanes) is 1. The lowest BCUT2D eigenvalue weighted by molar-refractivity contribution is 0.0541. The number of hydrogen-bond donors (Lipinski definition) is 0. The molecule has 4 aromatic rings. The molecule has 0 saturated heterocycles. The average molecular weight is 519 g/mol. The van der Waals surface area contributed by atoms with Gasteiger partial charge in [-0.25, -0.2) is 4.90 Å². The molecule has 1 aliphatic rings. The van der Waals surface area contributed by atoms with E-state index in [0.29, 0.717) is 28.8 Å². The van der Waals surface area contributed by atoms with Crippen molar-refractivity contribution in [3.8, 4) is 0 Å². The van der Waals surface area contributed by atoms with Crippen LogP contribution in [-0.4, -0.2) is 25.1 Å². The Labute approximate surface area is 230 Å². The maximum absolute atomic E-state index is 13.7. The molecule has 0 fully saturated rings. The summed E-state index contributed by atoms with van der Waals surface area (Å²) >= 11 is 0. The van der Waals surface area contributed by atoms with Gasteiger partial charge in [-0.1, -0.05) is 74.5 Å². The molecule has 1 heterocycles. The van der Waals surface area contributed by atoms with Crippen LogP contribution in [0, 0.1) is 0 Å². The first kappa shape index (κ1) is 26.4. The summed E-state index contributed by atoms with van der Waals surface area (Å²) in [6.45, 7) is 8.42. The van der Waals surface area contributed by atoms with Crippen molar-refractivity contribution in [2.75, 3.05) is 16.8 Å². The second-order valence-electron chi connectivity index (χ2n) is 10.0. The fraction of sp³-hybridized carbons (Fsp3) is 0.235. The number of carbonyl (C=O) groups is 2. The van der Waals surface area contributed by atoms with E-state index in [-0.39, 0.29) is 18.0 Å². The van der Waals surface area contributed by atoms with Crippen LogP contribution in [0.5, 0.6) is 0 Å². The average Bonchev–Trinajstić information content (AvgIpc) is 2.97. The zero-order chi connectivity index (χ0) is 27.5. The minimum absolute atomic E-state index is 0.237. The van der Waals surface area contributed by atoms with Crippen molar-refractivity contribution in [1.29, 1.82) is 0 Å². The molecule has 39 heavy (non-hydrogen) atoms. The van der Waals surface area contributed by atoms with E-state index in [1.807, 2.05) is 97.7 Å². The molecular weight excluding hydrogens is 484 g/mol. The predicted molar refractivity (Wildman–Crippen MR) is 159 cm³/mol. The first-order chi connectivity index (χ1) is 18.9. The number of anilines is 2.